The summed E-state index contributed by atoms with van der Waals surface area (Å²) in [4.78, 5) is 34.5. The second-order valence-electron chi connectivity index (χ2n) is 9.78. The molecule has 0 aliphatic carbocycles. The predicted octanol–water partition coefficient (Wildman–Crippen LogP) is 4.07. The van der Waals surface area contributed by atoms with Crippen LogP contribution in [0.25, 0.3) is 0 Å². The molecule has 1 fully saturated rings. The second-order valence-corrected chi connectivity index (χ2v) is 9.78. The number of hydrogen-bond acceptors (Lipinski definition) is 5. The van der Waals surface area contributed by atoms with E-state index < -0.39 is 0 Å². The maximum atomic E-state index is 13.4. The van der Waals surface area contributed by atoms with Gasteiger partial charge >= 0.3 is 0 Å². The zero-order valence-corrected chi connectivity index (χ0v) is 21.7. The van der Waals surface area contributed by atoms with Gasteiger partial charge in [-0.25, -0.2) is 4.98 Å². The summed E-state index contributed by atoms with van der Waals surface area (Å²) in [5.74, 6) is 1.54. The van der Waals surface area contributed by atoms with Crippen molar-refractivity contribution < 1.29 is 19.1 Å². The first-order valence-corrected chi connectivity index (χ1v) is 13.5. The van der Waals surface area contributed by atoms with Gasteiger partial charge in [-0.15, -0.1) is 0 Å². The summed E-state index contributed by atoms with van der Waals surface area (Å²) >= 11 is 0. The third-order valence-corrected chi connectivity index (χ3v) is 7.28. The highest BCUT2D eigenvalue weighted by Gasteiger charge is 2.38. The van der Waals surface area contributed by atoms with Crippen molar-refractivity contribution >= 4 is 11.8 Å². The number of amides is 2. The molecular formula is C28H40N4O4. The summed E-state index contributed by atoms with van der Waals surface area (Å²) in [5.41, 5.74) is 0.575. The van der Waals surface area contributed by atoms with E-state index in [2.05, 4.69) is 4.98 Å². The van der Waals surface area contributed by atoms with E-state index in [9.17, 15) is 9.59 Å². The minimum absolute atomic E-state index is 0.000654. The van der Waals surface area contributed by atoms with E-state index in [1.807, 2.05) is 58.7 Å². The number of ether oxygens (including phenoxy) is 2. The number of imidazole rings is 1. The van der Waals surface area contributed by atoms with Gasteiger partial charge in [0.05, 0.1) is 18.7 Å². The number of likely N-dealkylation sites (tertiary alicyclic amines) is 1. The van der Waals surface area contributed by atoms with Crippen molar-refractivity contribution in [1.29, 1.82) is 0 Å². The lowest BCUT2D eigenvalue weighted by Crippen LogP contribution is -2.35. The maximum absolute atomic E-state index is 13.4. The number of carbonyl (C=O) groups is 2. The van der Waals surface area contributed by atoms with Crippen molar-refractivity contribution in [1.82, 2.24) is 19.4 Å². The molecular weight excluding hydrogens is 456 g/mol. The van der Waals surface area contributed by atoms with E-state index in [0.717, 1.165) is 38.1 Å². The molecule has 2 aliphatic rings. The van der Waals surface area contributed by atoms with E-state index in [4.69, 9.17) is 9.47 Å². The summed E-state index contributed by atoms with van der Waals surface area (Å²) in [7, 11) is 0. The Morgan fingerprint density at radius 1 is 1.06 bits per heavy atom. The fourth-order valence-corrected chi connectivity index (χ4v) is 5.06. The molecule has 0 spiro atoms. The van der Waals surface area contributed by atoms with Gasteiger partial charge in [-0.1, -0.05) is 37.8 Å². The first-order valence-electron chi connectivity index (χ1n) is 13.5. The Hall–Kier alpha value is -2.87. The highest BCUT2D eigenvalue weighted by atomic mass is 16.5. The average molecular weight is 497 g/mol. The van der Waals surface area contributed by atoms with Crippen LogP contribution in [0.4, 0.5) is 0 Å². The Morgan fingerprint density at radius 2 is 1.81 bits per heavy atom. The van der Waals surface area contributed by atoms with Gasteiger partial charge in [-0.05, 0) is 38.8 Å². The van der Waals surface area contributed by atoms with Crippen molar-refractivity contribution in [2.24, 2.45) is 0 Å². The van der Waals surface area contributed by atoms with Crippen molar-refractivity contribution in [3.63, 3.8) is 0 Å². The number of carbonyl (C=O) groups excluding carboxylic acids is 2. The quantitative estimate of drug-likeness (QED) is 0.638. The zero-order chi connectivity index (χ0) is 25.3. The molecule has 1 saturated heterocycles. The number of rotatable bonds is 4. The van der Waals surface area contributed by atoms with Crippen molar-refractivity contribution in [2.75, 3.05) is 32.8 Å². The Kier molecular flexibility index (Phi) is 9.39. The monoisotopic (exact) mass is 496 g/mol. The molecule has 0 bridgehead atoms. The number of aryl methyl sites for hydroxylation is 2. The molecule has 3 heterocycles. The number of fused-ring (bicyclic) bond motifs is 2. The molecule has 36 heavy (non-hydrogen) atoms. The van der Waals surface area contributed by atoms with Crippen LogP contribution in [-0.2, 0) is 16.1 Å². The Bertz CT molecular complexity index is 1010. The first kappa shape index (κ1) is 26.2. The number of nitrogens with zero attached hydrogens (tertiary/aromatic N) is 4. The van der Waals surface area contributed by atoms with Gasteiger partial charge in [0.1, 0.15) is 23.8 Å². The molecule has 2 amide bonds. The molecule has 0 N–H and O–H groups in total. The molecule has 196 valence electrons. The predicted molar refractivity (Wildman–Crippen MR) is 138 cm³/mol. The van der Waals surface area contributed by atoms with Crippen LogP contribution in [0.1, 0.15) is 68.1 Å². The molecule has 4 rings (SSSR count). The van der Waals surface area contributed by atoms with Crippen molar-refractivity contribution in [2.45, 2.75) is 77.5 Å². The highest BCUT2D eigenvalue weighted by Crippen LogP contribution is 2.26. The maximum Gasteiger partial charge on any atom is 0.257 e. The van der Waals surface area contributed by atoms with Crippen LogP contribution in [0.2, 0.25) is 0 Å². The average Bonchev–Trinajstić information content (AvgIpc) is 3.48. The van der Waals surface area contributed by atoms with Gasteiger partial charge < -0.3 is 23.8 Å². The van der Waals surface area contributed by atoms with E-state index in [1.54, 1.807) is 6.20 Å². The Balaban J connectivity index is 1.49. The van der Waals surface area contributed by atoms with Gasteiger partial charge in [-0.3, -0.25) is 9.59 Å². The van der Waals surface area contributed by atoms with Crippen molar-refractivity contribution in [3.8, 4) is 5.75 Å². The molecule has 2 atom stereocenters. The summed E-state index contributed by atoms with van der Waals surface area (Å²) in [6.07, 6.45) is 10.1. The molecule has 8 nitrogen and oxygen atoms in total. The lowest BCUT2D eigenvalue weighted by Gasteiger charge is -2.25. The second kappa shape index (κ2) is 12.9. The lowest BCUT2D eigenvalue weighted by molar-refractivity contribution is -0.131. The summed E-state index contributed by atoms with van der Waals surface area (Å²) in [6.45, 7) is 7.60. The Labute approximate surface area is 214 Å². The fourth-order valence-electron chi connectivity index (χ4n) is 5.06. The lowest BCUT2D eigenvalue weighted by atomic mass is 10.1. The number of benzene rings is 1. The minimum atomic E-state index is -0.319. The van der Waals surface area contributed by atoms with E-state index in [0.29, 0.717) is 50.5 Å². The van der Waals surface area contributed by atoms with Gasteiger partial charge in [0, 0.05) is 45.1 Å². The van der Waals surface area contributed by atoms with Gasteiger partial charge in [0.2, 0.25) is 5.91 Å². The van der Waals surface area contributed by atoms with E-state index in [-0.39, 0.29) is 24.0 Å². The molecule has 2 aliphatic heterocycles. The molecule has 0 unspecified atom stereocenters. The molecule has 2 aromatic rings. The smallest absolute Gasteiger partial charge is 0.257 e. The number of aromatic nitrogens is 2. The van der Waals surface area contributed by atoms with Gasteiger partial charge in [0.15, 0.2) is 0 Å². The number of hydrogen-bond donors (Lipinski definition) is 0. The normalized spacial score (nSPS) is 22.1. The topological polar surface area (TPSA) is 76.9 Å². The van der Waals surface area contributed by atoms with E-state index in [1.165, 1.54) is 12.8 Å². The molecule has 8 heteroatoms. The van der Waals surface area contributed by atoms with Crippen LogP contribution >= 0.6 is 0 Å². The SMILES string of the molecule is CCN1CCCCCCCCO[C@@H]2CN(C(=O)CCn3ccnc3C)C[C@H]2Oc2ccccc2C1=O. The number of para-hydroxylation sites is 1. The summed E-state index contributed by atoms with van der Waals surface area (Å²) in [6, 6.07) is 7.46. The zero-order valence-electron chi connectivity index (χ0n) is 21.7. The largest absolute Gasteiger partial charge is 0.485 e. The van der Waals surface area contributed by atoms with Gasteiger partial charge in [0.25, 0.3) is 5.91 Å². The van der Waals surface area contributed by atoms with Gasteiger partial charge in [-0.2, -0.15) is 0 Å². The van der Waals surface area contributed by atoms with Crippen molar-refractivity contribution in [3.05, 3.63) is 48.0 Å². The fraction of sp³-hybridized carbons (Fsp3) is 0.607. The first-order chi connectivity index (χ1) is 17.6. The van der Waals surface area contributed by atoms with E-state index >= 15 is 0 Å². The molecule has 0 saturated carbocycles. The van der Waals surface area contributed by atoms with Crippen LogP contribution in [0.15, 0.2) is 36.7 Å². The van der Waals surface area contributed by atoms with Crippen LogP contribution < -0.4 is 4.74 Å². The molecule has 0 radical (unpaired) electrons. The third-order valence-electron chi connectivity index (χ3n) is 7.28. The Morgan fingerprint density at radius 3 is 2.58 bits per heavy atom. The highest BCUT2D eigenvalue weighted by molar-refractivity contribution is 5.97. The van der Waals surface area contributed by atoms with Crippen LogP contribution in [-0.4, -0.2) is 76.2 Å². The summed E-state index contributed by atoms with van der Waals surface area (Å²) < 4.78 is 14.7. The van der Waals surface area contributed by atoms with Crippen LogP contribution in [0.3, 0.4) is 0 Å². The summed E-state index contributed by atoms with van der Waals surface area (Å²) in [5, 5.41) is 0. The van der Waals surface area contributed by atoms with Crippen LogP contribution in [0, 0.1) is 6.92 Å². The van der Waals surface area contributed by atoms with Crippen LogP contribution in [0.5, 0.6) is 5.75 Å². The third kappa shape index (κ3) is 6.66. The molecule has 1 aromatic carbocycles. The minimum Gasteiger partial charge on any atom is -0.485 e. The molecule has 1 aromatic heterocycles. The standard InChI is InChI=1S/C28H40N4O4/c1-3-30-16-10-6-4-5-7-11-19-35-25-20-32(27(33)14-17-31-18-15-29-22(31)2)21-26(25)36-24-13-9-8-12-23(24)28(30)34/h8-9,12-13,15,18,25-26H,3-7,10-11,14,16-17,19-21H2,1-2H3/t25-,26-/m1/s1.